The molecule has 0 spiro atoms. The number of methoxy groups -OCH3 is 1. The summed E-state index contributed by atoms with van der Waals surface area (Å²) in [5.74, 6) is -0.619. The molecule has 0 unspecified atom stereocenters. The number of nitriles is 1. The molecule has 0 fully saturated rings. The highest BCUT2D eigenvalue weighted by atomic mass is 35.5. The number of nitrogens with two attached hydrogens (primary N) is 1. The average Bonchev–Trinajstić information content (AvgIpc) is 2.82. The third kappa shape index (κ3) is 2.51. The van der Waals surface area contributed by atoms with E-state index in [-0.39, 0.29) is 16.9 Å². The Morgan fingerprint density at radius 1 is 1.52 bits per heavy atom. The zero-order valence-electron chi connectivity index (χ0n) is 11.5. The first-order valence-electron chi connectivity index (χ1n) is 6.00. The molecule has 7 heteroatoms. The number of benzene rings is 1. The van der Waals surface area contributed by atoms with Crippen molar-refractivity contribution >= 4 is 28.9 Å². The highest BCUT2D eigenvalue weighted by Gasteiger charge is 2.22. The summed E-state index contributed by atoms with van der Waals surface area (Å²) >= 11 is 5.96. The van der Waals surface area contributed by atoms with Crippen molar-refractivity contribution in [3.63, 3.8) is 0 Å². The first-order valence-corrected chi connectivity index (χ1v) is 6.38. The van der Waals surface area contributed by atoms with E-state index in [4.69, 9.17) is 27.3 Å². The number of nitrogen functional groups attached to an aromatic ring is 1. The average molecular weight is 305 g/mol. The Morgan fingerprint density at radius 2 is 2.24 bits per heavy atom. The number of aromatic nitrogens is 1. The maximum atomic E-state index is 11.9. The molecular weight excluding hydrogens is 292 g/mol. The lowest BCUT2D eigenvalue weighted by Crippen LogP contribution is -2.12. The van der Waals surface area contributed by atoms with Crippen LogP contribution in [0.15, 0.2) is 24.4 Å². The molecule has 108 valence electrons. The van der Waals surface area contributed by atoms with Gasteiger partial charge in [0, 0.05) is 18.3 Å². The Labute approximate surface area is 126 Å². The van der Waals surface area contributed by atoms with E-state index in [1.165, 1.54) is 17.9 Å². The van der Waals surface area contributed by atoms with Gasteiger partial charge < -0.3 is 20.4 Å². The Balaban J connectivity index is 2.75. The Hall–Kier alpha value is -2.65. The minimum atomic E-state index is -0.619. The highest BCUT2D eigenvalue weighted by molar-refractivity contribution is 6.31. The van der Waals surface area contributed by atoms with Crippen molar-refractivity contribution in [3.05, 3.63) is 40.7 Å². The molecule has 0 saturated carbocycles. The second-order valence-electron chi connectivity index (χ2n) is 4.19. The third-order valence-corrected chi connectivity index (χ3v) is 3.27. The van der Waals surface area contributed by atoms with Gasteiger partial charge in [0.2, 0.25) is 0 Å². The minimum Gasteiger partial charge on any atom is -0.464 e. The van der Waals surface area contributed by atoms with Crippen molar-refractivity contribution in [3.8, 4) is 11.8 Å². The van der Waals surface area contributed by atoms with Crippen LogP contribution in [0.2, 0.25) is 5.02 Å². The van der Waals surface area contributed by atoms with Gasteiger partial charge in [-0.2, -0.15) is 5.26 Å². The maximum absolute atomic E-state index is 11.9. The minimum absolute atomic E-state index is 0.0846. The van der Waals surface area contributed by atoms with Gasteiger partial charge in [-0.05, 0) is 18.2 Å². The van der Waals surface area contributed by atoms with Crippen molar-refractivity contribution in [2.45, 2.75) is 0 Å². The smallest absolute Gasteiger partial charge is 0.357 e. The van der Waals surface area contributed by atoms with Gasteiger partial charge in [0.15, 0.2) is 5.69 Å². The molecule has 0 aliphatic rings. The summed E-state index contributed by atoms with van der Waals surface area (Å²) in [6.07, 6.45) is 1.49. The number of halogens is 1. The summed E-state index contributed by atoms with van der Waals surface area (Å²) in [6, 6.07) is 7.07. The van der Waals surface area contributed by atoms with Gasteiger partial charge in [0.05, 0.1) is 29.7 Å². The van der Waals surface area contributed by atoms with Crippen molar-refractivity contribution in [2.24, 2.45) is 0 Å². The first kappa shape index (κ1) is 14.8. The molecule has 1 heterocycles. The molecule has 0 bridgehead atoms. The quantitative estimate of drug-likeness (QED) is 0.849. The summed E-state index contributed by atoms with van der Waals surface area (Å²) in [6.45, 7) is 0. The Bertz CT molecular complexity index is 746. The van der Waals surface area contributed by atoms with Crippen LogP contribution in [0.4, 0.5) is 11.4 Å². The summed E-state index contributed by atoms with van der Waals surface area (Å²) in [5, 5.41) is 12.6. The lowest BCUT2D eigenvalue weighted by Gasteiger charge is -2.13. The van der Waals surface area contributed by atoms with E-state index < -0.39 is 5.97 Å². The predicted molar refractivity (Wildman–Crippen MR) is 80.8 cm³/mol. The van der Waals surface area contributed by atoms with Crippen LogP contribution in [0.3, 0.4) is 0 Å². The number of esters is 1. The molecular formula is C14H13ClN4O2. The molecule has 3 N–H and O–H groups in total. The zero-order valence-corrected chi connectivity index (χ0v) is 12.2. The van der Waals surface area contributed by atoms with E-state index in [1.54, 1.807) is 25.2 Å². The molecule has 0 atom stereocenters. The Kier molecular flexibility index (Phi) is 4.05. The number of carbonyl (C=O) groups is 1. The van der Waals surface area contributed by atoms with E-state index in [1.807, 2.05) is 6.07 Å². The topological polar surface area (TPSA) is 93.1 Å². The normalized spacial score (nSPS) is 10.0. The van der Waals surface area contributed by atoms with Crippen LogP contribution >= 0.6 is 11.6 Å². The SMILES string of the molecule is CNc1cc(Cl)ccc1-n1cc(C#N)c(N)c1C(=O)OC. The van der Waals surface area contributed by atoms with Gasteiger partial charge in [-0.15, -0.1) is 0 Å². The number of ether oxygens (including phenoxy) is 1. The van der Waals surface area contributed by atoms with Crippen molar-refractivity contribution in [1.82, 2.24) is 4.57 Å². The molecule has 6 nitrogen and oxygen atoms in total. The molecule has 21 heavy (non-hydrogen) atoms. The summed E-state index contributed by atoms with van der Waals surface area (Å²) < 4.78 is 6.25. The number of hydrogen-bond donors (Lipinski definition) is 2. The molecule has 0 amide bonds. The van der Waals surface area contributed by atoms with Gasteiger partial charge in [-0.1, -0.05) is 11.6 Å². The van der Waals surface area contributed by atoms with Crippen LogP contribution < -0.4 is 11.1 Å². The van der Waals surface area contributed by atoms with Crippen molar-refractivity contribution < 1.29 is 9.53 Å². The summed E-state index contributed by atoms with van der Waals surface area (Å²) in [5.41, 5.74) is 7.57. The molecule has 0 aliphatic carbocycles. The van der Waals surface area contributed by atoms with Crippen LogP contribution in [-0.4, -0.2) is 24.7 Å². The summed E-state index contributed by atoms with van der Waals surface area (Å²) in [4.78, 5) is 11.9. The largest absolute Gasteiger partial charge is 0.464 e. The van der Waals surface area contributed by atoms with Crippen LogP contribution in [0, 0.1) is 11.3 Å². The number of hydrogen-bond acceptors (Lipinski definition) is 5. The van der Waals surface area contributed by atoms with Crippen LogP contribution in [0.1, 0.15) is 16.1 Å². The zero-order chi connectivity index (χ0) is 15.6. The molecule has 1 aromatic carbocycles. The molecule has 0 radical (unpaired) electrons. The third-order valence-electron chi connectivity index (χ3n) is 3.03. The van der Waals surface area contributed by atoms with Crippen LogP contribution in [0.25, 0.3) is 5.69 Å². The molecule has 2 rings (SSSR count). The lowest BCUT2D eigenvalue weighted by molar-refractivity contribution is 0.0593. The van der Waals surface area contributed by atoms with Gasteiger partial charge in [0.1, 0.15) is 6.07 Å². The lowest BCUT2D eigenvalue weighted by atomic mass is 10.2. The fourth-order valence-electron chi connectivity index (χ4n) is 2.02. The maximum Gasteiger partial charge on any atom is 0.357 e. The van der Waals surface area contributed by atoms with Gasteiger partial charge in [-0.25, -0.2) is 4.79 Å². The molecule has 0 aliphatic heterocycles. The van der Waals surface area contributed by atoms with E-state index in [0.29, 0.717) is 16.4 Å². The number of carbonyl (C=O) groups excluding carboxylic acids is 1. The number of rotatable bonds is 3. The first-order chi connectivity index (χ1) is 10.0. The van der Waals surface area contributed by atoms with Crippen molar-refractivity contribution in [1.29, 1.82) is 5.26 Å². The standard InChI is InChI=1S/C14H13ClN4O2/c1-18-10-5-9(15)3-4-11(10)19-7-8(6-16)12(17)13(19)14(20)21-2/h3-5,7,18H,17H2,1-2H3. The fraction of sp³-hybridized carbons (Fsp3) is 0.143. The van der Waals surface area contributed by atoms with E-state index >= 15 is 0 Å². The van der Waals surface area contributed by atoms with Crippen LogP contribution in [-0.2, 0) is 4.74 Å². The highest BCUT2D eigenvalue weighted by Crippen LogP contribution is 2.30. The molecule has 2 aromatic rings. The number of nitrogens with one attached hydrogen (secondary N) is 1. The summed E-state index contributed by atoms with van der Waals surface area (Å²) in [7, 11) is 2.98. The fourth-order valence-corrected chi connectivity index (χ4v) is 2.20. The second-order valence-corrected chi connectivity index (χ2v) is 4.63. The Morgan fingerprint density at radius 3 is 2.81 bits per heavy atom. The number of anilines is 2. The van der Waals surface area contributed by atoms with E-state index in [9.17, 15) is 4.79 Å². The molecule has 1 aromatic heterocycles. The van der Waals surface area contributed by atoms with Gasteiger partial charge in [0.25, 0.3) is 0 Å². The van der Waals surface area contributed by atoms with E-state index in [0.717, 1.165) is 0 Å². The van der Waals surface area contributed by atoms with Gasteiger partial charge >= 0.3 is 5.97 Å². The molecule has 0 saturated heterocycles. The monoisotopic (exact) mass is 304 g/mol. The van der Waals surface area contributed by atoms with E-state index in [2.05, 4.69) is 5.32 Å². The van der Waals surface area contributed by atoms with Crippen LogP contribution in [0.5, 0.6) is 0 Å². The van der Waals surface area contributed by atoms with Crippen molar-refractivity contribution in [2.75, 3.05) is 25.2 Å². The second kappa shape index (κ2) is 5.77. The van der Waals surface area contributed by atoms with Gasteiger partial charge in [-0.3, -0.25) is 0 Å². The number of nitrogens with zero attached hydrogens (tertiary/aromatic N) is 2. The predicted octanol–water partition coefficient (Wildman–Crippen LogP) is 2.41.